The molecule has 0 amide bonds. The first-order valence-corrected chi connectivity index (χ1v) is 5.72. The van der Waals surface area contributed by atoms with E-state index >= 15 is 0 Å². The normalized spacial score (nSPS) is 10.4. The van der Waals surface area contributed by atoms with Crippen molar-refractivity contribution in [2.24, 2.45) is 0 Å². The van der Waals surface area contributed by atoms with Crippen LogP contribution in [-0.2, 0) is 11.3 Å². The van der Waals surface area contributed by atoms with Gasteiger partial charge in [0.25, 0.3) is 0 Å². The molecule has 0 saturated heterocycles. The van der Waals surface area contributed by atoms with Crippen LogP contribution in [0.15, 0.2) is 24.3 Å². The Morgan fingerprint density at radius 2 is 1.88 bits per heavy atom. The summed E-state index contributed by atoms with van der Waals surface area (Å²) in [5.41, 5.74) is 1.21. The lowest BCUT2D eigenvalue weighted by atomic mass is 10.2. The van der Waals surface area contributed by atoms with Gasteiger partial charge >= 0.3 is 0 Å². The molecule has 0 aromatic heterocycles. The molecule has 3 nitrogen and oxygen atoms in total. The topological polar surface area (TPSA) is 30.5 Å². The molecule has 0 heterocycles. The zero-order chi connectivity index (χ0) is 11.6. The van der Waals surface area contributed by atoms with Crippen molar-refractivity contribution < 1.29 is 9.47 Å². The molecule has 1 N–H and O–H groups in total. The van der Waals surface area contributed by atoms with E-state index in [-0.39, 0.29) is 0 Å². The van der Waals surface area contributed by atoms with E-state index in [2.05, 4.69) is 11.4 Å². The fourth-order valence-electron chi connectivity index (χ4n) is 1.51. The first-order valence-electron chi connectivity index (χ1n) is 5.72. The highest BCUT2D eigenvalue weighted by Gasteiger charge is 2.00. The quantitative estimate of drug-likeness (QED) is 0.685. The fourth-order valence-corrected chi connectivity index (χ4v) is 1.51. The van der Waals surface area contributed by atoms with E-state index in [1.807, 2.05) is 25.2 Å². The average molecular weight is 223 g/mol. The molecule has 1 aromatic carbocycles. The number of nitrogens with one attached hydrogen (secondary N) is 1. The first kappa shape index (κ1) is 13.0. The Balaban J connectivity index is 2.34. The Labute approximate surface area is 97.8 Å². The summed E-state index contributed by atoms with van der Waals surface area (Å²) in [7, 11) is 3.67. The van der Waals surface area contributed by atoms with Crippen molar-refractivity contribution in [1.82, 2.24) is 5.32 Å². The molecular weight excluding hydrogens is 202 g/mol. The highest BCUT2D eigenvalue weighted by molar-refractivity contribution is 5.33. The molecule has 0 atom stereocenters. The van der Waals surface area contributed by atoms with Crippen LogP contribution in [0.1, 0.15) is 18.4 Å². The molecule has 0 fully saturated rings. The lowest BCUT2D eigenvalue weighted by molar-refractivity contribution is 0.184. The van der Waals surface area contributed by atoms with Crippen LogP contribution in [0, 0.1) is 0 Å². The second kappa shape index (κ2) is 8.13. The number of rotatable bonds is 8. The van der Waals surface area contributed by atoms with Gasteiger partial charge in [-0.1, -0.05) is 18.2 Å². The second-order valence-electron chi connectivity index (χ2n) is 3.69. The molecular formula is C13H21NO2. The lowest BCUT2D eigenvalue weighted by Crippen LogP contribution is -2.08. The number of ether oxygens (including phenoxy) is 2. The third-order valence-electron chi connectivity index (χ3n) is 2.34. The monoisotopic (exact) mass is 223 g/mol. The van der Waals surface area contributed by atoms with Crippen molar-refractivity contribution in [3.05, 3.63) is 29.8 Å². The molecule has 0 spiro atoms. The minimum atomic E-state index is 0.754. The van der Waals surface area contributed by atoms with Crippen molar-refractivity contribution in [2.75, 3.05) is 27.4 Å². The van der Waals surface area contributed by atoms with E-state index in [0.717, 1.165) is 38.3 Å². The number of para-hydroxylation sites is 1. The standard InChI is InChI=1S/C13H21NO2/c1-14-11-12-7-3-4-8-13(12)16-10-6-5-9-15-2/h3-4,7-8,14H,5-6,9-11H2,1-2H3. The highest BCUT2D eigenvalue weighted by atomic mass is 16.5. The summed E-state index contributed by atoms with van der Waals surface area (Å²) in [6.45, 7) is 2.40. The molecule has 90 valence electrons. The molecule has 0 aliphatic carbocycles. The predicted molar refractivity (Wildman–Crippen MR) is 65.8 cm³/mol. The Bertz CT molecular complexity index is 289. The van der Waals surface area contributed by atoms with Crippen molar-refractivity contribution in [1.29, 1.82) is 0 Å². The van der Waals surface area contributed by atoms with Crippen molar-refractivity contribution in [2.45, 2.75) is 19.4 Å². The molecule has 1 aromatic rings. The van der Waals surface area contributed by atoms with E-state index in [0.29, 0.717) is 0 Å². The maximum absolute atomic E-state index is 5.74. The maximum atomic E-state index is 5.74. The number of hydrogen-bond donors (Lipinski definition) is 1. The van der Waals surface area contributed by atoms with Gasteiger partial charge in [-0.3, -0.25) is 0 Å². The van der Waals surface area contributed by atoms with Crippen LogP contribution in [0.3, 0.4) is 0 Å². The number of methoxy groups -OCH3 is 1. The Morgan fingerprint density at radius 3 is 2.62 bits per heavy atom. The zero-order valence-electron chi connectivity index (χ0n) is 10.2. The average Bonchev–Trinajstić information content (AvgIpc) is 2.31. The first-order chi connectivity index (χ1) is 7.88. The second-order valence-corrected chi connectivity index (χ2v) is 3.69. The molecule has 0 unspecified atom stereocenters. The molecule has 0 saturated carbocycles. The summed E-state index contributed by atoms with van der Waals surface area (Å²) in [4.78, 5) is 0. The fraction of sp³-hybridized carbons (Fsp3) is 0.538. The molecule has 1 rings (SSSR count). The van der Waals surface area contributed by atoms with Crippen LogP contribution in [0.4, 0.5) is 0 Å². The van der Waals surface area contributed by atoms with E-state index in [9.17, 15) is 0 Å². The number of benzene rings is 1. The summed E-state index contributed by atoms with van der Waals surface area (Å²) < 4.78 is 10.7. The molecule has 0 bridgehead atoms. The third-order valence-corrected chi connectivity index (χ3v) is 2.34. The largest absolute Gasteiger partial charge is 0.493 e. The van der Waals surface area contributed by atoms with E-state index in [1.54, 1.807) is 7.11 Å². The van der Waals surface area contributed by atoms with E-state index < -0.39 is 0 Å². The van der Waals surface area contributed by atoms with Crippen LogP contribution in [0.5, 0.6) is 5.75 Å². The van der Waals surface area contributed by atoms with Crippen molar-refractivity contribution >= 4 is 0 Å². The Kier molecular flexibility index (Phi) is 6.61. The molecule has 3 heteroatoms. The van der Waals surface area contributed by atoms with Gasteiger partial charge in [0.1, 0.15) is 5.75 Å². The van der Waals surface area contributed by atoms with Gasteiger partial charge < -0.3 is 14.8 Å². The molecule has 0 aliphatic heterocycles. The summed E-state index contributed by atoms with van der Waals surface area (Å²) in [5, 5.41) is 3.14. The third kappa shape index (κ3) is 4.64. The van der Waals surface area contributed by atoms with Crippen LogP contribution in [-0.4, -0.2) is 27.4 Å². The minimum Gasteiger partial charge on any atom is -0.493 e. The van der Waals surface area contributed by atoms with Gasteiger partial charge in [0.2, 0.25) is 0 Å². The molecule has 16 heavy (non-hydrogen) atoms. The minimum absolute atomic E-state index is 0.754. The van der Waals surface area contributed by atoms with Gasteiger partial charge in [-0.25, -0.2) is 0 Å². The van der Waals surface area contributed by atoms with Gasteiger partial charge in [-0.05, 0) is 26.0 Å². The maximum Gasteiger partial charge on any atom is 0.123 e. The van der Waals surface area contributed by atoms with Gasteiger partial charge in [-0.2, -0.15) is 0 Å². The molecule has 0 aliphatic rings. The summed E-state index contributed by atoms with van der Waals surface area (Å²) in [6, 6.07) is 8.14. The SMILES string of the molecule is CNCc1ccccc1OCCCCOC. The van der Waals surface area contributed by atoms with Gasteiger partial charge in [0.05, 0.1) is 6.61 Å². The van der Waals surface area contributed by atoms with Crippen LogP contribution >= 0.6 is 0 Å². The molecule has 0 radical (unpaired) electrons. The van der Waals surface area contributed by atoms with Gasteiger partial charge in [0, 0.05) is 25.8 Å². The summed E-state index contributed by atoms with van der Waals surface area (Å²) in [5.74, 6) is 0.981. The highest BCUT2D eigenvalue weighted by Crippen LogP contribution is 2.17. The van der Waals surface area contributed by atoms with Gasteiger partial charge in [0.15, 0.2) is 0 Å². The number of hydrogen-bond acceptors (Lipinski definition) is 3. The lowest BCUT2D eigenvalue weighted by Gasteiger charge is -2.10. The van der Waals surface area contributed by atoms with Crippen LogP contribution in [0.25, 0.3) is 0 Å². The Hall–Kier alpha value is -1.06. The van der Waals surface area contributed by atoms with Gasteiger partial charge in [-0.15, -0.1) is 0 Å². The van der Waals surface area contributed by atoms with E-state index in [1.165, 1.54) is 5.56 Å². The number of unbranched alkanes of at least 4 members (excludes halogenated alkanes) is 1. The van der Waals surface area contributed by atoms with Crippen LogP contribution < -0.4 is 10.1 Å². The van der Waals surface area contributed by atoms with Crippen molar-refractivity contribution in [3.63, 3.8) is 0 Å². The van der Waals surface area contributed by atoms with E-state index in [4.69, 9.17) is 9.47 Å². The smallest absolute Gasteiger partial charge is 0.123 e. The Morgan fingerprint density at radius 1 is 1.12 bits per heavy atom. The van der Waals surface area contributed by atoms with Crippen LogP contribution in [0.2, 0.25) is 0 Å². The predicted octanol–water partition coefficient (Wildman–Crippen LogP) is 2.21. The summed E-state index contributed by atoms with van der Waals surface area (Å²) >= 11 is 0. The summed E-state index contributed by atoms with van der Waals surface area (Å²) in [6.07, 6.45) is 2.08. The van der Waals surface area contributed by atoms with Crippen molar-refractivity contribution in [3.8, 4) is 5.75 Å². The zero-order valence-corrected chi connectivity index (χ0v) is 10.2.